The predicted octanol–water partition coefficient (Wildman–Crippen LogP) is 4.35. The Morgan fingerprint density at radius 2 is 1.43 bits per heavy atom. The molecule has 2 rings (SSSR count). The minimum atomic E-state index is 1.01. The lowest BCUT2D eigenvalue weighted by Crippen LogP contribution is -2.17. The van der Waals surface area contributed by atoms with Gasteiger partial charge in [0.05, 0.1) is 0 Å². The molecule has 2 saturated carbocycles. The van der Waals surface area contributed by atoms with E-state index < -0.39 is 0 Å². The van der Waals surface area contributed by atoms with E-state index >= 15 is 0 Å². The van der Waals surface area contributed by atoms with Crippen molar-refractivity contribution >= 4 is 0 Å². The Hall–Kier alpha value is 0. The van der Waals surface area contributed by atoms with E-state index in [0.717, 1.165) is 35.5 Å². The first-order chi connectivity index (χ1) is 6.65. The fraction of sp³-hybridized carbons (Fsp3) is 1.00. The molecule has 2 aliphatic rings. The second kappa shape index (κ2) is 3.87. The summed E-state index contributed by atoms with van der Waals surface area (Å²) in [5.74, 6) is 6.25. The number of hydrogen-bond acceptors (Lipinski definition) is 0. The zero-order valence-corrected chi connectivity index (χ0v) is 10.3. The molecule has 0 aliphatic heterocycles. The summed E-state index contributed by atoms with van der Waals surface area (Å²) >= 11 is 0. The normalized spacial score (nSPS) is 52.3. The highest BCUT2D eigenvalue weighted by Crippen LogP contribution is 2.56. The largest absolute Gasteiger partial charge is 0.0654 e. The van der Waals surface area contributed by atoms with Gasteiger partial charge in [0.15, 0.2) is 0 Å². The average Bonchev–Trinajstić information content (AvgIpc) is 2.56. The van der Waals surface area contributed by atoms with Crippen LogP contribution in [0.25, 0.3) is 0 Å². The van der Waals surface area contributed by atoms with Gasteiger partial charge < -0.3 is 0 Å². The second-order valence-electron chi connectivity index (χ2n) is 6.11. The maximum Gasteiger partial charge on any atom is -0.0326 e. The summed E-state index contributed by atoms with van der Waals surface area (Å²) < 4.78 is 0. The molecule has 0 aromatic rings. The van der Waals surface area contributed by atoms with E-state index in [1.807, 2.05) is 0 Å². The Kier molecular flexibility index (Phi) is 2.91. The maximum absolute atomic E-state index is 2.50. The molecule has 82 valence electrons. The molecule has 0 heteroatoms. The van der Waals surface area contributed by atoms with Gasteiger partial charge in [-0.3, -0.25) is 0 Å². The number of fused-ring (bicyclic) bond motifs is 1. The molecule has 0 aromatic carbocycles. The van der Waals surface area contributed by atoms with Crippen LogP contribution in [0.2, 0.25) is 0 Å². The third-order valence-corrected chi connectivity index (χ3v) is 5.04. The first kappa shape index (κ1) is 10.5. The second-order valence-corrected chi connectivity index (χ2v) is 6.11. The number of hydrogen-bond donors (Lipinski definition) is 0. The minimum absolute atomic E-state index is 1.01. The smallest absolute Gasteiger partial charge is 0.0326 e. The highest BCUT2D eigenvalue weighted by molar-refractivity contribution is 4.98. The topological polar surface area (TPSA) is 0 Å². The molecule has 0 saturated heterocycles. The molecule has 0 bridgehead atoms. The van der Waals surface area contributed by atoms with Crippen LogP contribution in [-0.4, -0.2) is 0 Å². The van der Waals surface area contributed by atoms with E-state index in [2.05, 4.69) is 27.7 Å². The van der Waals surface area contributed by atoms with Crippen molar-refractivity contribution in [1.29, 1.82) is 0 Å². The van der Waals surface area contributed by atoms with E-state index in [1.165, 1.54) is 25.7 Å². The van der Waals surface area contributed by atoms with Crippen molar-refractivity contribution in [3.8, 4) is 0 Å². The van der Waals surface area contributed by atoms with Crippen molar-refractivity contribution < 1.29 is 0 Å². The average molecular weight is 194 g/mol. The molecule has 0 nitrogen and oxygen atoms in total. The molecule has 2 aliphatic carbocycles. The molecule has 6 atom stereocenters. The van der Waals surface area contributed by atoms with E-state index in [9.17, 15) is 0 Å². The molecule has 0 spiro atoms. The van der Waals surface area contributed by atoms with Crippen LogP contribution in [0.15, 0.2) is 0 Å². The van der Waals surface area contributed by atoms with E-state index in [1.54, 1.807) is 0 Å². The van der Waals surface area contributed by atoms with Crippen molar-refractivity contribution in [2.24, 2.45) is 35.5 Å². The van der Waals surface area contributed by atoms with Crippen LogP contribution < -0.4 is 0 Å². The summed E-state index contributed by atoms with van der Waals surface area (Å²) in [4.78, 5) is 0. The monoisotopic (exact) mass is 194 g/mol. The van der Waals surface area contributed by atoms with Crippen molar-refractivity contribution in [2.75, 3.05) is 0 Å². The lowest BCUT2D eigenvalue weighted by Gasteiger charge is -2.23. The van der Waals surface area contributed by atoms with Gasteiger partial charge >= 0.3 is 0 Å². The zero-order valence-electron chi connectivity index (χ0n) is 10.3. The van der Waals surface area contributed by atoms with Gasteiger partial charge in [0.25, 0.3) is 0 Å². The van der Waals surface area contributed by atoms with Gasteiger partial charge in [0.2, 0.25) is 0 Å². The third-order valence-electron chi connectivity index (χ3n) is 5.04. The summed E-state index contributed by atoms with van der Waals surface area (Å²) in [5, 5.41) is 0. The fourth-order valence-electron chi connectivity index (χ4n) is 4.85. The van der Waals surface area contributed by atoms with Crippen molar-refractivity contribution in [1.82, 2.24) is 0 Å². The van der Waals surface area contributed by atoms with E-state index in [0.29, 0.717) is 0 Å². The lowest BCUT2D eigenvalue weighted by atomic mass is 9.82. The first-order valence-corrected chi connectivity index (χ1v) is 6.65. The Morgan fingerprint density at radius 1 is 0.857 bits per heavy atom. The van der Waals surface area contributed by atoms with Gasteiger partial charge in [-0.05, 0) is 48.3 Å². The van der Waals surface area contributed by atoms with Crippen LogP contribution in [0.5, 0.6) is 0 Å². The molecular formula is C14H26. The molecule has 0 heterocycles. The van der Waals surface area contributed by atoms with Crippen molar-refractivity contribution in [2.45, 2.75) is 53.4 Å². The summed E-state index contributed by atoms with van der Waals surface area (Å²) in [6, 6.07) is 0. The molecule has 6 unspecified atom stereocenters. The third kappa shape index (κ3) is 1.51. The lowest BCUT2D eigenvalue weighted by molar-refractivity contribution is 0.252. The Labute approximate surface area is 89.5 Å². The highest BCUT2D eigenvalue weighted by atomic mass is 14.5. The molecule has 0 radical (unpaired) electrons. The maximum atomic E-state index is 2.50. The summed E-state index contributed by atoms with van der Waals surface area (Å²) in [7, 11) is 0. The molecular weight excluding hydrogens is 168 g/mol. The Bertz CT molecular complexity index is 196. The van der Waals surface area contributed by atoms with Gasteiger partial charge in [-0.15, -0.1) is 0 Å². The van der Waals surface area contributed by atoms with Crippen molar-refractivity contribution in [3.05, 3.63) is 0 Å². The van der Waals surface area contributed by atoms with Crippen LogP contribution in [0.3, 0.4) is 0 Å². The van der Waals surface area contributed by atoms with Crippen LogP contribution in [0, 0.1) is 35.5 Å². The van der Waals surface area contributed by atoms with Gasteiger partial charge in [0, 0.05) is 0 Å². The summed E-state index contributed by atoms with van der Waals surface area (Å²) in [6.45, 7) is 9.84. The minimum Gasteiger partial charge on any atom is -0.0654 e. The highest BCUT2D eigenvalue weighted by Gasteiger charge is 2.49. The standard InChI is InChI=1S/C14H26/c1-5-6-12-8-11(4)13-9(2)7-10(3)14(12)13/h9-14H,5-8H2,1-4H3. The first-order valence-electron chi connectivity index (χ1n) is 6.65. The van der Waals surface area contributed by atoms with Gasteiger partial charge in [-0.25, -0.2) is 0 Å². The van der Waals surface area contributed by atoms with E-state index in [-0.39, 0.29) is 0 Å². The quantitative estimate of drug-likeness (QED) is 0.613. The van der Waals surface area contributed by atoms with Crippen LogP contribution >= 0.6 is 0 Å². The molecule has 2 fully saturated rings. The summed E-state index contributed by atoms with van der Waals surface area (Å²) in [5.41, 5.74) is 0. The van der Waals surface area contributed by atoms with E-state index in [4.69, 9.17) is 0 Å². The molecule has 14 heavy (non-hydrogen) atoms. The van der Waals surface area contributed by atoms with Crippen molar-refractivity contribution in [3.63, 3.8) is 0 Å². The van der Waals surface area contributed by atoms with Crippen LogP contribution in [0.4, 0.5) is 0 Å². The Balaban J connectivity index is 2.12. The van der Waals surface area contributed by atoms with Crippen LogP contribution in [-0.2, 0) is 0 Å². The summed E-state index contributed by atoms with van der Waals surface area (Å²) in [6.07, 6.45) is 5.90. The van der Waals surface area contributed by atoms with Crippen LogP contribution in [0.1, 0.15) is 53.4 Å². The van der Waals surface area contributed by atoms with Gasteiger partial charge in [0.1, 0.15) is 0 Å². The van der Waals surface area contributed by atoms with Gasteiger partial charge in [-0.2, -0.15) is 0 Å². The molecule has 0 aromatic heterocycles. The zero-order chi connectivity index (χ0) is 10.3. The molecule has 0 N–H and O–H groups in total. The predicted molar refractivity (Wildman–Crippen MR) is 62.1 cm³/mol. The van der Waals surface area contributed by atoms with Gasteiger partial charge in [-0.1, -0.05) is 40.5 Å². The fourth-order valence-corrected chi connectivity index (χ4v) is 4.85. The SMILES string of the molecule is CCCC1CC(C)C2C(C)CC(C)C12. The molecule has 0 amide bonds. The number of rotatable bonds is 2. The Morgan fingerprint density at radius 3 is 2.07 bits per heavy atom.